The molecule has 35 heavy (non-hydrogen) atoms. The molecule has 2 heterocycles. The van der Waals surface area contributed by atoms with E-state index in [4.69, 9.17) is 24.1 Å². The Morgan fingerprint density at radius 1 is 1.00 bits per heavy atom. The van der Waals surface area contributed by atoms with Gasteiger partial charge in [0.2, 0.25) is 5.88 Å². The minimum atomic E-state index is -0.458. The molecule has 3 aromatic rings. The fraction of sp³-hybridized carbons (Fsp3) is 0.385. The highest BCUT2D eigenvalue weighted by Gasteiger charge is 2.22. The molecule has 4 rings (SSSR count). The van der Waals surface area contributed by atoms with E-state index in [1.165, 1.54) is 6.20 Å². The highest BCUT2D eigenvalue weighted by molar-refractivity contribution is 5.92. The van der Waals surface area contributed by atoms with Crippen LogP contribution in [-0.4, -0.2) is 85.0 Å². The molecule has 186 valence electrons. The molecular weight excluding hydrogens is 450 g/mol. The van der Waals surface area contributed by atoms with E-state index in [1.807, 2.05) is 48.5 Å². The van der Waals surface area contributed by atoms with Crippen molar-refractivity contribution in [2.45, 2.75) is 6.92 Å². The predicted octanol–water partition coefficient (Wildman–Crippen LogP) is 2.80. The van der Waals surface area contributed by atoms with Crippen LogP contribution in [0.25, 0.3) is 16.8 Å². The molecule has 0 amide bonds. The summed E-state index contributed by atoms with van der Waals surface area (Å²) in [5, 5.41) is 13.3. The van der Waals surface area contributed by atoms with Crippen LogP contribution < -0.4 is 9.47 Å². The van der Waals surface area contributed by atoms with Gasteiger partial charge in [-0.25, -0.2) is 9.48 Å². The Morgan fingerprint density at radius 3 is 2.34 bits per heavy atom. The summed E-state index contributed by atoms with van der Waals surface area (Å²) in [6.07, 6.45) is 1.49. The van der Waals surface area contributed by atoms with Gasteiger partial charge in [-0.3, -0.25) is 4.90 Å². The average Bonchev–Trinajstić information content (AvgIpc) is 3.32. The molecule has 0 bridgehead atoms. The maximum Gasteiger partial charge on any atom is 0.345 e. The van der Waals surface area contributed by atoms with Crippen LogP contribution in [0.5, 0.6) is 11.6 Å². The van der Waals surface area contributed by atoms with Crippen LogP contribution >= 0.6 is 0 Å². The number of rotatable bonds is 11. The summed E-state index contributed by atoms with van der Waals surface area (Å²) in [7, 11) is 0. The molecule has 1 aliphatic heterocycles. The highest BCUT2D eigenvalue weighted by Crippen LogP contribution is 2.27. The van der Waals surface area contributed by atoms with Crippen molar-refractivity contribution in [1.29, 1.82) is 0 Å². The third kappa shape index (κ3) is 6.39. The lowest BCUT2D eigenvalue weighted by Gasteiger charge is -2.26. The molecule has 0 saturated carbocycles. The van der Waals surface area contributed by atoms with E-state index in [9.17, 15) is 4.79 Å². The lowest BCUT2D eigenvalue weighted by molar-refractivity contribution is 0.0316. The van der Waals surface area contributed by atoms with E-state index >= 15 is 0 Å². The molecule has 0 unspecified atom stereocenters. The van der Waals surface area contributed by atoms with Crippen LogP contribution in [0.1, 0.15) is 17.3 Å². The second-order valence-corrected chi connectivity index (χ2v) is 7.94. The highest BCUT2D eigenvalue weighted by atomic mass is 16.5. The first kappa shape index (κ1) is 24.7. The molecule has 9 nitrogen and oxygen atoms in total. The Balaban J connectivity index is 1.50. The lowest BCUT2D eigenvalue weighted by Crippen LogP contribution is -2.38. The van der Waals surface area contributed by atoms with Gasteiger partial charge in [-0.2, -0.15) is 5.10 Å². The monoisotopic (exact) mass is 481 g/mol. The maximum atomic E-state index is 12.5. The Kier molecular flexibility index (Phi) is 8.72. The third-order valence-electron chi connectivity index (χ3n) is 5.63. The number of aromatic nitrogens is 2. The first-order chi connectivity index (χ1) is 17.2. The summed E-state index contributed by atoms with van der Waals surface area (Å²) in [5.74, 6) is 0.622. The summed E-state index contributed by atoms with van der Waals surface area (Å²) in [6.45, 7) is 6.60. The maximum absolute atomic E-state index is 12.5. The Labute approximate surface area is 204 Å². The number of hydrogen-bond acceptors (Lipinski definition) is 8. The smallest absolute Gasteiger partial charge is 0.345 e. The van der Waals surface area contributed by atoms with Crippen LogP contribution in [0.15, 0.2) is 54.7 Å². The van der Waals surface area contributed by atoms with Gasteiger partial charge < -0.3 is 24.1 Å². The molecular formula is C26H31N3O6. The van der Waals surface area contributed by atoms with Crippen molar-refractivity contribution in [3.05, 3.63) is 60.3 Å². The van der Waals surface area contributed by atoms with Crippen LogP contribution in [-0.2, 0) is 9.47 Å². The number of nitrogens with zero attached hydrogens (tertiary/aromatic N) is 3. The molecule has 9 heteroatoms. The number of carbonyl (C=O) groups excluding carboxylic acids is 1. The minimum Gasteiger partial charge on any atom is -0.491 e. The van der Waals surface area contributed by atoms with Crippen molar-refractivity contribution in [3.8, 4) is 28.4 Å². The van der Waals surface area contributed by atoms with Crippen LogP contribution in [0, 0.1) is 0 Å². The van der Waals surface area contributed by atoms with E-state index in [1.54, 1.807) is 11.6 Å². The van der Waals surface area contributed by atoms with Gasteiger partial charge in [0, 0.05) is 19.6 Å². The second kappa shape index (κ2) is 12.3. The number of morpholine rings is 1. The average molecular weight is 482 g/mol. The fourth-order valence-corrected chi connectivity index (χ4v) is 3.81. The molecule has 2 aromatic carbocycles. The molecule has 0 aliphatic carbocycles. The lowest BCUT2D eigenvalue weighted by atomic mass is 10.1. The van der Waals surface area contributed by atoms with E-state index in [-0.39, 0.29) is 19.8 Å². The standard InChI is InChI=1S/C26H31N3O6/c1-2-33-26(31)24-19-27-29(25(24)35-17-13-28-11-15-32-16-12-28)22-7-3-20(4-8-22)21-5-9-23(10-6-21)34-18-14-30/h3-10,19,30H,2,11-18H2,1H3. The zero-order valence-corrected chi connectivity index (χ0v) is 19.9. The number of ether oxygens (including phenoxy) is 4. The summed E-state index contributed by atoms with van der Waals surface area (Å²) in [6, 6.07) is 15.5. The fourth-order valence-electron chi connectivity index (χ4n) is 3.81. The number of hydrogen-bond donors (Lipinski definition) is 1. The van der Waals surface area contributed by atoms with Gasteiger partial charge in [-0.1, -0.05) is 24.3 Å². The largest absolute Gasteiger partial charge is 0.491 e. The van der Waals surface area contributed by atoms with Crippen LogP contribution in [0.2, 0.25) is 0 Å². The summed E-state index contributed by atoms with van der Waals surface area (Å²) < 4.78 is 23.7. The third-order valence-corrected chi connectivity index (χ3v) is 5.63. The molecule has 1 aromatic heterocycles. The van der Waals surface area contributed by atoms with E-state index < -0.39 is 5.97 Å². The first-order valence-electron chi connectivity index (χ1n) is 11.8. The van der Waals surface area contributed by atoms with Gasteiger partial charge >= 0.3 is 5.97 Å². The van der Waals surface area contributed by atoms with Gasteiger partial charge in [0.25, 0.3) is 0 Å². The zero-order chi connectivity index (χ0) is 24.5. The Morgan fingerprint density at radius 2 is 1.69 bits per heavy atom. The van der Waals surface area contributed by atoms with Gasteiger partial charge in [0.05, 0.1) is 38.3 Å². The molecule has 1 N–H and O–H groups in total. The van der Waals surface area contributed by atoms with Gasteiger partial charge in [-0.15, -0.1) is 0 Å². The van der Waals surface area contributed by atoms with Crippen molar-refractivity contribution in [3.63, 3.8) is 0 Å². The molecule has 0 spiro atoms. The molecule has 0 atom stereocenters. The zero-order valence-electron chi connectivity index (χ0n) is 19.9. The predicted molar refractivity (Wildman–Crippen MR) is 130 cm³/mol. The number of carbonyl (C=O) groups is 1. The van der Waals surface area contributed by atoms with E-state index in [0.717, 1.165) is 49.7 Å². The summed E-state index contributed by atoms with van der Waals surface area (Å²) >= 11 is 0. The first-order valence-corrected chi connectivity index (χ1v) is 11.8. The molecule has 1 fully saturated rings. The quantitative estimate of drug-likeness (QED) is 0.418. The topological polar surface area (TPSA) is 95.3 Å². The van der Waals surface area contributed by atoms with Crippen molar-refractivity contribution in [2.24, 2.45) is 0 Å². The van der Waals surface area contributed by atoms with Crippen molar-refractivity contribution in [2.75, 3.05) is 59.3 Å². The molecule has 1 saturated heterocycles. The summed E-state index contributed by atoms with van der Waals surface area (Å²) in [5.41, 5.74) is 3.13. The number of benzene rings is 2. The van der Waals surface area contributed by atoms with Gasteiger partial charge in [0.1, 0.15) is 24.5 Å². The number of esters is 1. The normalized spacial score (nSPS) is 14.0. The number of aliphatic hydroxyl groups excluding tert-OH is 1. The van der Waals surface area contributed by atoms with Crippen molar-refractivity contribution < 1.29 is 28.8 Å². The number of aliphatic hydroxyl groups is 1. The van der Waals surface area contributed by atoms with Gasteiger partial charge in [0.15, 0.2) is 0 Å². The van der Waals surface area contributed by atoms with Gasteiger partial charge in [-0.05, 0) is 42.3 Å². The van der Waals surface area contributed by atoms with E-state index in [2.05, 4.69) is 10.00 Å². The molecule has 0 radical (unpaired) electrons. The van der Waals surface area contributed by atoms with Crippen molar-refractivity contribution in [1.82, 2.24) is 14.7 Å². The summed E-state index contributed by atoms with van der Waals surface area (Å²) in [4.78, 5) is 14.8. The Hall–Kier alpha value is -3.40. The van der Waals surface area contributed by atoms with Crippen LogP contribution in [0.3, 0.4) is 0 Å². The van der Waals surface area contributed by atoms with E-state index in [0.29, 0.717) is 23.8 Å². The van der Waals surface area contributed by atoms with Crippen molar-refractivity contribution >= 4 is 5.97 Å². The second-order valence-electron chi connectivity index (χ2n) is 7.94. The minimum absolute atomic E-state index is 0.0204. The van der Waals surface area contributed by atoms with Crippen LogP contribution in [0.4, 0.5) is 0 Å². The Bertz CT molecular complexity index is 1080. The SMILES string of the molecule is CCOC(=O)c1cnn(-c2ccc(-c3ccc(OCCO)cc3)cc2)c1OCCN1CCOCC1. The molecule has 1 aliphatic rings.